The van der Waals surface area contributed by atoms with Crippen molar-refractivity contribution in [2.24, 2.45) is 0 Å². The molecular weight excluding hydrogens is 258 g/mol. The molecule has 1 aromatic rings. The van der Waals surface area contributed by atoms with Crippen molar-refractivity contribution < 1.29 is 0 Å². The van der Waals surface area contributed by atoms with Crippen LogP contribution >= 0.6 is 0 Å². The quantitative estimate of drug-likeness (QED) is 0.644. The van der Waals surface area contributed by atoms with E-state index in [2.05, 4.69) is 62.0 Å². The average molecular weight is 289 g/mol. The first kappa shape index (κ1) is 17.9. The summed E-state index contributed by atoms with van der Waals surface area (Å²) in [6.07, 6.45) is 4.18. The Balaban J connectivity index is 3.20. The Bertz CT molecular complexity index is 410. The van der Waals surface area contributed by atoms with E-state index in [0.29, 0.717) is 12.1 Å². The van der Waals surface area contributed by atoms with Crippen molar-refractivity contribution in [3.63, 3.8) is 0 Å². The minimum absolute atomic E-state index is 0.346. The highest BCUT2D eigenvalue weighted by atomic mass is 15.3. The zero-order valence-corrected chi connectivity index (χ0v) is 14.3. The molecule has 0 saturated carbocycles. The third-order valence-corrected chi connectivity index (χ3v) is 4.34. The van der Waals surface area contributed by atoms with Gasteiger partial charge >= 0.3 is 0 Å². The van der Waals surface area contributed by atoms with E-state index in [1.54, 1.807) is 0 Å². The summed E-state index contributed by atoms with van der Waals surface area (Å²) in [6.45, 7) is 19.4. The summed E-state index contributed by atoms with van der Waals surface area (Å²) in [5.41, 5.74) is 2.30. The fraction of sp³-hybridized carbons (Fsp3) is 0.611. The highest BCUT2D eigenvalue weighted by molar-refractivity contribution is 5.50. The zero-order valence-electron chi connectivity index (χ0n) is 14.3. The number of hydrogen-bond donors (Lipinski definition) is 0. The minimum Gasteiger partial charge on any atom is -0.288 e. The molecule has 0 bridgehead atoms. The molecule has 0 fully saturated rings. The normalized spacial score (nSPS) is 13.1. The summed E-state index contributed by atoms with van der Waals surface area (Å²) in [7, 11) is 0. The van der Waals surface area contributed by atoms with Crippen molar-refractivity contribution in [1.82, 2.24) is 14.8 Å². The van der Waals surface area contributed by atoms with Crippen molar-refractivity contribution in [1.29, 1.82) is 0 Å². The summed E-state index contributed by atoms with van der Waals surface area (Å²) < 4.78 is 0. The number of hydrogen-bond acceptors (Lipinski definition) is 3. The smallest absolute Gasteiger partial charge is 0.0705 e. The van der Waals surface area contributed by atoms with E-state index < -0.39 is 0 Å². The van der Waals surface area contributed by atoms with Gasteiger partial charge in [0, 0.05) is 12.1 Å². The van der Waals surface area contributed by atoms with E-state index in [9.17, 15) is 0 Å². The molecular formula is C18H31N3. The van der Waals surface area contributed by atoms with Gasteiger partial charge in [-0.05, 0) is 37.8 Å². The highest BCUT2D eigenvalue weighted by Crippen LogP contribution is 2.27. The lowest BCUT2D eigenvalue weighted by Crippen LogP contribution is -2.51. The number of likely N-dealkylation sites (N-methyl/N-ethyl adjacent to an activating group) is 2. The molecule has 3 nitrogen and oxygen atoms in total. The summed E-state index contributed by atoms with van der Waals surface area (Å²) >= 11 is 0. The summed E-state index contributed by atoms with van der Waals surface area (Å²) in [6, 6.07) is 4.09. The Morgan fingerprint density at radius 2 is 1.62 bits per heavy atom. The van der Waals surface area contributed by atoms with E-state index in [1.807, 2.05) is 18.3 Å². The summed E-state index contributed by atoms with van der Waals surface area (Å²) in [5.74, 6) is 0.346. The standard InChI is InChI=1S/C18H31N3/c1-7-16-13-12-14-19-17(16)15(6)18(20(8-2)9-3)21(10-4)11-5/h7,12-15,18H,1,8-11H2,2-6H3. The van der Waals surface area contributed by atoms with Crippen molar-refractivity contribution in [2.75, 3.05) is 26.2 Å². The molecule has 1 heterocycles. The van der Waals surface area contributed by atoms with Crippen LogP contribution in [-0.2, 0) is 0 Å². The molecule has 3 heteroatoms. The fourth-order valence-corrected chi connectivity index (χ4v) is 3.18. The minimum atomic E-state index is 0.346. The summed E-state index contributed by atoms with van der Waals surface area (Å²) in [5, 5.41) is 0. The Hall–Kier alpha value is -1.19. The second-order valence-electron chi connectivity index (χ2n) is 5.33. The molecule has 0 N–H and O–H groups in total. The van der Waals surface area contributed by atoms with Crippen molar-refractivity contribution >= 4 is 6.08 Å². The van der Waals surface area contributed by atoms with Gasteiger partial charge in [0.2, 0.25) is 0 Å². The van der Waals surface area contributed by atoms with Crippen molar-refractivity contribution in [3.8, 4) is 0 Å². The van der Waals surface area contributed by atoms with Gasteiger partial charge in [-0.25, -0.2) is 0 Å². The summed E-state index contributed by atoms with van der Waals surface area (Å²) in [4.78, 5) is 9.70. The Morgan fingerprint density at radius 1 is 1.10 bits per heavy atom. The van der Waals surface area contributed by atoms with Crippen LogP contribution in [-0.4, -0.2) is 47.1 Å². The molecule has 1 atom stereocenters. The number of rotatable bonds is 9. The van der Waals surface area contributed by atoms with Gasteiger partial charge in [-0.1, -0.05) is 53.3 Å². The van der Waals surface area contributed by atoms with Crippen LogP contribution in [0.4, 0.5) is 0 Å². The zero-order chi connectivity index (χ0) is 15.8. The second kappa shape index (κ2) is 8.96. The van der Waals surface area contributed by atoms with E-state index in [0.717, 1.165) is 37.4 Å². The van der Waals surface area contributed by atoms with Crippen LogP contribution < -0.4 is 0 Å². The maximum atomic E-state index is 4.65. The molecule has 0 radical (unpaired) electrons. The third kappa shape index (κ3) is 4.14. The number of nitrogens with zero attached hydrogens (tertiary/aromatic N) is 3. The molecule has 0 amide bonds. The lowest BCUT2D eigenvalue weighted by atomic mass is 9.96. The van der Waals surface area contributed by atoms with Gasteiger partial charge in [-0.3, -0.25) is 14.8 Å². The molecule has 0 aromatic carbocycles. The van der Waals surface area contributed by atoms with Crippen LogP contribution in [0.15, 0.2) is 24.9 Å². The molecule has 1 aromatic heterocycles. The van der Waals surface area contributed by atoms with Gasteiger partial charge in [-0.2, -0.15) is 0 Å². The average Bonchev–Trinajstić information content (AvgIpc) is 2.54. The van der Waals surface area contributed by atoms with Crippen molar-refractivity contribution in [3.05, 3.63) is 36.2 Å². The molecule has 118 valence electrons. The van der Waals surface area contributed by atoms with Crippen LogP contribution in [0.2, 0.25) is 0 Å². The van der Waals surface area contributed by atoms with Crippen LogP contribution in [0.25, 0.3) is 6.08 Å². The van der Waals surface area contributed by atoms with Crippen LogP contribution in [0.3, 0.4) is 0 Å². The first-order valence-corrected chi connectivity index (χ1v) is 8.19. The van der Waals surface area contributed by atoms with Gasteiger partial charge < -0.3 is 0 Å². The maximum Gasteiger partial charge on any atom is 0.0705 e. The highest BCUT2D eigenvalue weighted by Gasteiger charge is 2.29. The lowest BCUT2D eigenvalue weighted by Gasteiger charge is -2.41. The monoisotopic (exact) mass is 289 g/mol. The molecule has 1 unspecified atom stereocenters. The predicted molar refractivity (Wildman–Crippen MR) is 92.4 cm³/mol. The molecule has 1 rings (SSSR count). The van der Waals surface area contributed by atoms with Gasteiger partial charge in [0.1, 0.15) is 0 Å². The Labute approximate surface area is 130 Å². The predicted octanol–water partition coefficient (Wildman–Crippen LogP) is 3.84. The topological polar surface area (TPSA) is 19.4 Å². The number of pyridine rings is 1. The first-order valence-electron chi connectivity index (χ1n) is 8.19. The van der Waals surface area contributed by atoms with E-state index in [1.165, 1.54) is 0 Å². The largest absolute Gasteiger partial charge is 0.288 e. The van der Waals surface area contributed by atoms with E-state index in [-0.39, 0.29) is 0 Å². The molecule has 0 aliphatic heterocycles. The molecule has 21 heavy (non-hydrogen) atoms. The third-order valence-electron chi connectivity index (χ3n) is 4.34. The first-order chi connectivity index (χ1) is 10.1. The second-order valence-corrected chi connectivity index (χ2v) is 5.33. The lowest BCUT2D eigenvalue weighted by molar-refractivity contribution is 0.0385. The Morgan fingerprint density at radius 3 is 2.05 bits per heavy atom. The molecule has 0 aliphatic carbocycles. The van der Waals surface area contributed by atoms with E-state index >= 15 is 0 Å². The van der Waals surface area contributed by atoms with Crippen LogP contribution in [0.1, 0.15) is 51.8 Å². The van der Waals surface area contributed by atoms with Crippen molar-refractivity contribution in [2.45, 2.75) is 46.7 Å². The van der Waals surface area contributed by atoms with Crippen LogP contribution in [0.5, 0.6) is 0 Å². The maximum absolute atomic E-state index is 4.65. The molecule has 0 aliphatic rings. The van der Waals surface area contributed by atoms with Gasteiger partial charge in [-0.15, -0.1) is 0 Å². The van der Waals surface area contributed by atoms with Gasteiger partial charge in [0.15, 0.2) is 0 Å². The van der Waals surface area contributed by atoms with Gasteiger partial charge in [0.05, 0.1) is 11.9 Å². The Kier molecular flexibility index (Phi) is 7.62. The molecule has 0 saturated heterocycles. The SMILES string of the molecule is C=Cc1cccnc1C(C)C(N(CC)CC)N(CC)CC. The number of aromatic nitrogens is 1. The van der Waals surface area contributed by atoms with Gasteiger partial charge in [0.25, 0.3) is 0 Å². The van der Waals surface area contributed by atoms with Crippen LogP contribution in [0, 0.1) is 0 Å². The molecule has 0 spiro atoms. The van der Waals surface area contributed by atoms with E-state index in [4.69, 9.17) is 0 Å². The fourth-order valence-electron chi connectivity index (χ4n) is 3.18.